The van der Waals surface area contributed by atoms with E-state index in [0.29, 0.717) is 29.6 Å². The summed E-state index contributed by atoms with van der Waals surface area (Å²) in [6, 6.07) is 5.73. The average Bonchev–Trinajstić information content (AvgIpc) is 2.44. The summed E-state index contributed by atoms with van der Waals surface area (Å²) in [7, 11) is 0. The summed E-state index contributed by atoms with van der Waals surface area (Å²) in [6.07, 6.45) is 0. The van der Waals surface area contributed by atoms with E-state index in [0.717, 1.165) is 0 Å². The number of hydrogen-bond acceptors (Lipinski definition) is 3. The maximum Gasteiger partial charge on any atom is 0.254 e. The number of amides is 1. The average molecular weight is 303 g/mol. The third kappa shape index (κ3) is 2.74. The Bertz CT molecular complexity index is 777. The lowest BCUT2D eigenvalue weighted by atomic mass is 10.1. The smallest absolute Gasteiger partial charge is 0.254 e. The van der Waals surface area contributed by atoms with Crippen molar-refractivity contribution < 1.29 is 9.18 Å². The van der Waals surface area contributed by atoms with E-state index < -0.39 is 11.4 Å². The molecule has 0 spiro atoms. The van der Waals surface area contributed by atoms with Gasteiger partial charge in [-0.25, -0.2) is 4.39 Å². The number of carbonyl (C=O) groups is 1. The van der Waals surface area contributed by atoms with Crippen molar-refractivity contribution in [3.63, 3.8) is 0 Å². The molecule has 2 N–H and O–H groups in total. The molecule has 1 aromatic carbocycles. The van der Waals surface area contributed by atoms with Crippen molar-refractivity contribution in [2.75, 3.05) is 13.1 Å². The molecule has 0 aliphatic carbocycles. The van der Waals surface area contributed by atoms with Gasteiger partial charge in [0.25, 0.3) is 5.91 Å². The number of hydrogen-bond donors (Lipinski definition) is 2. The second-order valence-electron chi connectivity index (χ2n) is 5.92. The van der Waals surface area contributed by atoms with Gasteiger partial charge in [-0.15, -0.1) is 0 Å². The van der Waals surface area contributed by atoms with Gasteiger partial charge >= 0.3 is 0 Å². The minimum atomic E-state index is -0.447. The lowest BCUT2D eigenvalue weighted by Crippen LogP contribution is -2.55. The highest BCUT2D eigenvalue weighted by Crippen LogP contribution is 2.19. The second kappa shape index (κ2) is 5.53. The van der Waals surface area contributed by atoms with Crippen LogP contribution in [-0.4, -0.2) is 41.0 Å². The molecule has 6 heteroatoms. The Labute approximate surface area is 127 Å². The van der Waals surface area contributed by atoms with Gasteiger partial charge in [0.2, 0.25) is 5.56 Å². The van der Waals surface area contributed by atoms with Crippen LogP contribution in [0.2, 0.25) is 0 Å². The van der Waals surface area contributed by atoms with Crippen LogP contribution in [0.5, 0.6) is 0 Å². The molecule has 2 aromatic rings. The number of aromatic amines is 1. The normalized spacial score (nSPS) is 22.0. The number of fused-ring (bicyclic) bond motifs is 1. The molecule has 1 aliphatic rings. The third-order valence-electron chi connectivity index (χ3n) is 3.88. The fraction of sp³-hybridized carbons (Fsp3) is 0.375. The SMILES string of the molecule is CC1CN(C(=O)c2cc(=O)[nH]c3cc(F)ccc23)CC(C)N1. The molecule has 5 nitrogen and oxygen atoms in total. The Balaban J connectivity index is 2.05. The zero-order chi connectivity index (χ0) is 15.9. The number of nitrogens with zero attached hydrogens (tertiary/aromatic N) is 1. The standard InChI is InChI=1S/C16H18FN3O2/c1-9-7-20(8-10(2)18-9)16(22)13-6-15(21)19-14-5-11(17)3-4-12(13)14/h3-6,9-10,18H,7-8H2,1-2H3,(H,19,21). The first-order valence-electron chi connectivity index (χ1n) is 7.32. The van der Waals surface area contributed by atoms with Crippen LogP contribution in [0.4, 0.5) is 4.39 Å². The van der Waals surface area contributed by atoms with Crippen molar-refractivity contribution in [1.29, 1.82) is 0 Å². The van der Waals surface area contributed by atoms with Crippen LogP contribution in [0.15, 0.2) is 29.1 Å². The fourth-order valence-corrected chi connectivity index (χ4v) is 3.07. The Morgan fingerprint density at radius 3 is 2.59 bits per heavy atom. The number of pyridine rings is 1. The van der Waals surface area contributed by atoms with Crippen molar-refractivity contribution in [2.45, 2.75) is 25.9 Å². The predicted molar refractivity (Wildman–Crippen MR) is 82.5 cm³/mol. The molecule has 0 radical (unpaired) electrons. The minimum absolute atomic E-state index is 0.192. The van der Waals surface area contributed by atoms with Gasteiger partial charge < -0.3 is 15.2 Å². The summed E-state index contributed by atoms with van der Waals surface area (Å²) >= 11 is 0. The van der Waals surface area contributed by atoms with E-state index in [1.54, 1.807) is 4.90 Å². The van der Waals surface area contributed by atoms with Crippen LogP contribution < -0.4 is 10.9 Å². The number of rotatable bonds is 1. The van der Waals surface area contributed by atoms with Gasteiger partial charge in [-0.2, -0.15) is 0 Å². The topological polar surface area (TPSA) is 65.2 Å². The first-order chi connectivity index (χ1) is 10.4. The van der Waals surface area contributed by atoms with Gasteiger partial charge in [0.1, 0.15) is 5.82 Å². The van der Waals surface area contributed by atoms with E-state index in [2.05, 4.69) is 10.3 Å². The number of piperazine rings is 1. The Morgan fingerprint density at radius 1 is 1.23 bits per heavy atom. The molecule has 1 amide bonds. The molecule has 1 aromatic heterocycles. The minimum Gasteiger partial charge on any atom is -0.336 e. The molecule has 2 heterocycles. The Kier molecular flexibility index (Phi) is 3.70. The van der Waals surface area contributed by atoms with Crippen molar-refractivity contribution >= 4 is 16.8 Å². The number of halogens is 1. The highest BCUT2D eigenvalue weighted by molar-refractivity contribution is 6.06. The molecule has 116 valence electrons. The molecule has 0 bridgehead atoms. The van der Waals surface area contributed by atoms with E-state index in [1.165, 1.54) is 24.3 Å². The quantitative estimate of drug-likeness (QED) is 0.839. The van der Waals surface area contributed by atoms with Crippen LogP contribution in [0.3, 0.4) is 0 Å². The van der Waals surface area contributed by atoms with Gasteiger partial charge in [-0.1, -0.05) is 0 Å². The van der Waals surface area contributed by atoms with Gasteiger partial charge in [-0.05, 0) is 32.0 Å². The summed E-state index contributed by atoms with van der Waals surface area (Å²) in [5.41, 5.74) is 0.254. The molecular weight excluding hydrogens is 285 g/mol. The van der Waals surface area contributed by atoms with Crippen molar-refractivity contribution in [1.82, 2.24) is 15.2 Å². The summed E-state index contributed by atoms with van der Waals surface area (Å²) in [4.78, 5) is 28.9. The lowest BCUT2D eigenvalue weighted by Gasteiger charge is -2.36. The predicted octanol–water partition coefficient (Wildman–Crippen LogP) is 1.49. The van der Waals surface area contributed by atoms with E-state index >= 15 is 0 Å². The summed E-state index contributed by atoms with van der Waals surface area (Å²) in [5.74, 6) is -0.639. The van der Waals surface area contributed by atoms with Crippen LogP contribution >= 0.6 is 0 Å². The Morgan fingerprint density at radius 2 is 1.91 bits per heavy atom. The fourth-order valence-electron chi connectivity index (χ4n) is 3.07. The molecule has 2 unspecified atom stereocenters. The van der Waals surface area contributed by atoms with Crippen LogP contribution in [0.25, 0.3) is 10.9 Å². The lowest BCUT2D eigenvalue weighted by molar-refractivity contribution is 0.0675. The number of nitrogens with one attached hydrogen (secondary N) is 2. The highest BCUT2D eigenvalue weighted by Gasteiger charge is 2.26. The molecule has 3 rings (SSSR count). The van der Waals surface area contributed by atoms with Gasteiger partial charge in [0.05, 0.1) is 11.1 Å². The molecule has 1 fully saturated rings. The van der Waals surface area contributed by atoms with Crippen molar-refractivity contribution in [2.24, 2.45) is 0 Å². The molecule has 1 aliphatic heterocycles. The van der Waals surface area contributed by atoms with Crippen molar-refractivity contribution in [3.05, 3.63) is 46.0 Å². The first kappa shape index (κ1) is 14.7. The zero-order valence-corrected chi connectivity index (χ0v) is 12.5. The molecular formula is C16H18FN3O2. The van der Waals surface area contributed by atoms with E-state index in [1.807, 2.05) is 13.8 Å². The number of carbonyl (C=O) groups excluding carboxylic acids is 1. The first-order valence-corrected chi connectivity index (χ1v) is 7.32. The summed E-state index contributed by atoms with van der Waals surface area (Å²) in [6.45, 7) is 5.19. The summed E-state index contributed by atoms with van der Waals surface area (Å²) < 4.78 is 13.3. The maximum atomic E-state index is 13.3. The van der Waals surface area contributed by atoms with E-state index in [-0.39, 0.29) is 18.0 Å². The monoisotopic (exact) mass is 303 g/mol. The second-order valence-corrected chi connectivity index (χ2v) is 5.92. The number of H-pyrrole nitrogens is 1. The molecule has 2 atom stereocenters. The van der Waals surface area contributed by atoms with Crippen LogP contribution in [0, 0.1) is 5.82 Å². The number of benzene rings is 1. The zero-order valence-electron chi connectivity index (χ0n) is 12.5. The van der Waals surface area contributed by atoms with Gasteiger partial charge in [0.15, 0.2) is 0 Å². The molecule has 0 saturated carbocycles. The van der Waals surface area contributed by atoms with Crippen LogP contribution in [0.1, 0.15) is 24.2 Å². The molecule has 22 heavy (non-hydrogen) atoms. The largest absolute Gasteiger partial charge is 0.336 e. The van der Waals surface area contributed by atoms with E-state index in [9.17, 15) is 14.0 Å². The highest BCUT2D eigenvalue weighted by atomic mass is 19.1. The van der Waals surface area contributed by atoms with Crippen molar-refractivity contribution in [3.8, 4) is 0 Å². The Hall–Kier alpha value is -2.21. The van der Waals surface area contributed by atoms with Gasteiger partial charge in [-0.3, -0.25) is 9.59 Å². The van der Waals surface area contributed by atoms with Gasteiger partial charge in [0, 0.05) is 36.6 Å². The third-order valence-corrected chi connectivity index (χ3v) is 3.88. The maximum absolute atomic E-state index is 13.3. The summed E-state index contributed by atoms with van der Waals surface area (Å²) in [5, 5.41) is 3.92. The van der Waals surface area contributed by atoms with E-state index in [4.69, 9.17) is 0 Å². The number of aromatic nitrogens is 1. The molecule has 1 saturated heterocycles. The van der Waals surface area contributed by atoms with Crippen LogP contribution in [-0.2, 0) is 0 Å².